The predicted molar refractivity (Wildman–Crippen MR) is 381 cm³/mol. The molecule has 0 aliphatic heterocycles. The molecule has 0 rings (SSSR count). The summed E-state index contributed by atoms with van der Waals surface area (Å²) >= 11 is 0. The van der Waals surface area contributed by atoms with E-state index in [1.807, 2.05) is 21.1 Å². The SMILES string of the molecule is CC/C=C\C/C=C\C/C=C\C/C=C\C/C=C\CCCCCCCCCCCCCCCCCCCCCCCCCC(=O)OC(COC(=O)CCCCCCCCCCCCCCC/C=C\CCCCCCCCCC)COP(=O)(O)OCC[N+](C)(C)C. The van der Waals surface area contributed by atoms with Crippen LogP contribution in [0.3, 0.4) is 0 Å². The Labute approximate surface area is 546 Å². The Hall–Kier alpha value is -2.55. The van der Waals surface area contributed by atoms with E-state index in [9.17, 15) is 19.0 Å². The second kappa shape index (κ2) is 68.8. The summed E-state index contributed by atoms with van der Waals surface area (Å²) in [6.45, 7) is 4.38. The Morgan fingerprint density at radius 2 is 0.648 bits per heavy atom. The van der Waals surface area contributed by atoms with Gasteiger partial charge >= 0.3 is 19.8 Å². The molecule has 9 nitrogen and oxygen atoms in total. The summed E-state index contributed by atoms with van der Waals surface area (Å²) in [6.07, 6.45) is 93.2. The van der Waals surface area contributed by atoms with Crippen molar-refractivity contribution in [3.63, 3.8) is 0 Å². The Morgan fingerprint density at radius 1 is 0.364 bits per heavy atom. The van der Waals surface area contributed by atoms with E-state index in [0.29, 0.717) is 23.9 Å². The van der Waals surface area contributed by atoms with Crippen molar-refractivity contribution in [1.82, 2.24) is 0 Å². The molecule has 0 heterocycles. The zero-order valence-electron chi connectivity index (χ0n) is 58.7. The largest absolute Gasteiger partial charge is 0.472 e. The number of quaternary nitrogens is 1. The summed E-state index contributed by atoms with van der Waals surface area (Å²) in [5.41, 5.74) is 0. The summed E-state index contributed by atoms with van der Waals surface area (Å²) in [5, 5.41) is 0. The third-order valence-corrected chi connectivity index (χ3v) is 17.7. The van der Waals surface area contributed by atoms with Gasteiger partial charge in [-0.05, 0) is 83.5 Å². The summed E-state index contributed by atoms with van der Waals surface area (Å²) < 4.78 is 34.8. The molecule has 1 N–H and O–H groups in total. The molecule has 0 spiro atoms. The summed E-state index contributed by atoms with van der Waals surface area (Å²) in [4.78, 5) is 35.9. The number of unbranched alkanes of at least 4 members (excludes halogenated alkanes) is 44. The first-order valence-corrected chi connectivity index (χ1v) is 39.2. The van der Waals surface area contributed by atoms with Gasteiger partial charge in [0.1, 0.15) is 19.8 Å². The molecule has 0 aliphatic rings. The van der Waals surface area contributed by atoms with E-state index in [-0.39, 0.29) is 25.6 Å². The summed E-state index contributed by atoms with van der Waals surface area (Å²) in [5.74, 6) is -0.779. The van der Waals surface area contributed by atoms with Crippen LogP contribution in [-0.2, 0) is 32.7 Å². The van der Waals surface area contributed by atoms with Gasteiger partial charge in [-0.3, -0.25) is 18.6 Å². The normalized spacial score (nSPS) is 13.5. The Bertz CT molecular complexity index is 1710. The van der Waals surface area contributed by atoms with Gasteiger partial charge in [-0.15, -0.1) is 0 Å². The number of phosphoric acid groups is 1. The van der Waals surface area contributed by atoms with Gasteiger partial charge in [0.05, 0.1) is 27.7 Å². The molecular weight excluding hydrogens is 1110 g/mol. The fourth-order valence-corrected chi connectivity index (χ4v) is 11.7. The van der Waals surface area contributed by atoms with E-state index in [4.69, 9.17) is 18.5 Å². The third kappa shape index (κ3) is 72.5. The topological polar surface area (TPSA) is 108 Å². The van der Waals surface area contributed by atoms with E-state index in [0.717, 1.165) is 64.2 Å². The second-order valence-electron chi connectivity index (χ2n) is 26.7. The van der Waals surface area contributed by atoms with Gasteiger partial charge < -0.3 is 18.9 Å². The Kier molecular flexibility index (Phi) is 66.8. The van der Waals surface area contributed by atoms with Crippen LogP contribution < -0.4 is 0 Å². The predicted octanol–water partition coefficient (Wildman–Crippen LogP) is 24.7. The molecular formula is C78H145NO8P+. The molecule has 88 heavy (non-hydrogen) atoms. The first kappa shape index (κ1) is 85.5. The zero-order valence-corrected chi connectivity index (χ0v) is 59.6. The van der Waals surface area contributed by atoms with E-state index in [1.165, 1.54) is 263 Å². The van der Waals surface area contributed by atoms with Gasteiger partial charge in [-0.1, -0.05) is 337 Å². The van der Waals surface area contributed by atoms with E-state index >= 15 is 0 Å². The lowest BCUT2D eigenvalue weighted by molar-refractivity contribution is -0.870. The molecule has 514 valence electrons. The average Bonchev–Trinajstić information content (AvgIpc) is 3.68. The third-order valence-electron chi connectivity index (χ3n) is 16.7. The number of allylic oxidation sites excluding steroid dienone is 12. The molecule has 0 saturated carbocycles. The number of carbonyl (C=O) groups is 2. The molecule has 0 amide bonds. The summed E-state index contributed by atoms with van der Waals surface area (Å²) in [7, 11) is 1.49. The minimum atomic E-state index is -4.39. The highest BCUT2D eigenvalue weighted by Gasteiger charge is 2.27. The van der Waals surface area contributed by atoms with E-state index in [2.05, 4.69) is 86.8 Å². The molecule has 2 atom stereocenters. The van der Waals surface area contributed by atoms with Crippen molar-refractivity contribution in [3.8, 4) is 0 Å². The van der Waals surface area contributed by atoms with E-state index in [1.54, 1.807) is 0 Å². The molecule has 0 fully saturated rings. The Morgan fingerprint density at radius 3 is 0.977 bits per heavy atom. The highest BCUT2D eigenvalue weighted by Crippen LogP contribution is 2.43. The van der Waals surface area contributed by atoms with Crippen molar-refractivity contribution in [2.45, 2.75) is 367 Å². The van der Waals surface area contributed by atoms with Crippen LogP contribution in [0, 0.1) is 0 Å². The van der Waals surface area contributed by atoms with Crippen molar-refractivity contribution >= 4 is 19.8 Å². The van der Waals surface area contributed by atoms with Crippen LogP contribution in [0.2, 0.25) is 0 Å². The molecule has 0 aromatic rings. The van der Waals surface area contributed by atoms with Gasteiger partial charge in [0.25, 0.3) is 0 Å². The van der Waals surface area contributed by atoms with Crippen LogP contribution in [0.4, 0.5) is 0 Å². The molecule has 0 aromatic heterocycles. The number of nitrogens with zero attached hydrogens (tertiary/aromatic N) is 1. The maximum atomic E-state index is 12.9. The van der Waals surface area contributed by atoms with Crippen molar-refractivity contribution in [2.24, 2.45) is 0 Å². The van der Waals surface area contributed by atoms with Gasteiger partial charge in [0.15, 0.2) is 6.10 Å². The maximum Gasteiger partial charge on any atom is 0.472 e. The molecule has 0 aliphatic carbocycles. The van der Waals surface area contributed by atoms with Crippen molar-refractivity contribution in [2.75, 3.05) is 47.5 Å². The lowest BCUT2D eigenvalue weighted by Gasteiger charge is -2.24. The van der Waals surface area contributed by atoms with Gasteiger partial charge in [-0.2, -0.15) is 0 Å². The highest BCUT2D eigenvalue weighted by molar-refractivity contribution is 7.47. The lowest BCUT2D eigenvalue weighted by Crippen LogP contribution is -2.37. The number of esters is 2. The quantitative estimate of drug-likeness (QED) is 0.0211. The smallest absolute Gasteiger partial charge is 0.462 e. The standard InChI is InChI=1S/C78H144NO8P/c1-6-8-10-12-14-16-18-20-22-24-26-28-30-32-33-34-35-36-37-38-39-40-41-42-43-44-45-47-49-51-53-55-57-59-61-63-65-67-69-71-78(81)87-76(75-86-88(82,83)85-73-72-79(3,4)5)74-84-77(80)70-68-66-64-62-60-58-56-54-52-50-48-46-31-29-27-25-23-21-19-17-15-13-11-9-7-2/h8,10,14,16,20,22,25-28,32-33,76H,6-7,9,11-13,15,17-19,21,23-24,29-31,34-75H2,1-5H3/p+1/b10-8-,16-14-,22-20-,27-25-,28-26-,33-32-. The van der Waals surface area contributed by atoms with Gasteiger partial charge in [0.2, 0.25) is 0 Å². The Balaban J connectivity index is 3.93. The number of hydrogen-bond acceptors (Lipinski definition) is 7. The first-order chi connectivity index (χ1) is 43.0. The monoisotopic (exact) mass is 1260 g/mol. The van der Waals surface area contributed by atoms with Crippen LogP contribution in [0.5, 0.6) is 0 Å². The van der Waals surface area contributed by atoms with Gasteiger partial charge in [0, 0.05) is 12.8 Å². The molecule has 2 unspecified atom stereocenters. The number of carbonyl (C=O) groups excluding carboxylic acids is 2. The van der Waals surface area contributed by atoms with Crippen molar-refractivity contribution in [1.29, 1.82) is 0 Å². The minimum Gasteiger partial charge on any atom is -0.462 e. The number of hydrogen-bond donors (Lipinski definition) is 1. The maximum absolute atomic E-state index is 12.9. The number of likely N-dealkylation sites (N-methyl/N-ethyl adjacent to an activating group) is 1. The average molecular weight is 1260 g/mol. The number of ether oxygens (including phenoxy) is 2. The van der Waals surface area contributed by atoms with Gasteiger partial charge in [-0.25, -0.2) is 4.57 Å². The number of phosphoric ester groups is 1. The molecule has 10 heteroatoms. The highest BCUT2D eigenvalue weighted by atomic mass is 31.2. The lowest BCUT2D eigenvalue weighted by atomic mass is 10.0. The molecule has 0 radical (unpaired) electrons. The van der Waals surface area contributed by atoms with Crippen LogP contribution >= 0.6 is 7.82 Å². The first-order valence-electron chi connectivity index (χ1n) is 37.7. The second-order valence-corrected chi connectivity index (χ2v) is 28.1. The minimum absolute atomic E-state index is 0.0331. The number of rotatable bonds is 70. The van der Waals surface area contributed by atoms with E-state index < -0.39 is 26.5 Å². The van der Waals surface area contributed by atoms with Crippen molar-refractivity contribution < 1.29 is 42.1 Å². The molecule has 0 saturated heterocycles. The van der Waals surface area contributed by atoms with Crippen LogP contribution in [-0.4, -0.2) is 74.9 Å². The van der Waals surface area contributed by atoms with Crippen molar-refractivity contribution in [3.05, 3.63) is 72.9 Å². The zero-order chi connectivity index (χ0) is 64.1. The molecule has 0 aromatic carbocycles. The fourth-order valence-electron chi connectivity index (χ4n) is 11.0. The fraction of sp³-hybridized carbons (Fsp3) is 0.821. The summed E-state index contributed by atoms with van der Waals surface area (Å²) in [6, 6.07) is 0. The van der Waals surface area contributed by atoms with Crippen LogP contribution in [0.1, 0.15) is 361 Å². The molecule has 0 bridgehead atoms. The van der Waals surface area contributed by atoms with Crippen LogP contribution in [0.15, 0.2) is 72.9 Å². The van der Waals surface area contributed by atoms with Crippen LogP contribution in [0.25, 0.3) is 0 Å².